The van der Waals surface area contributed by atoms with Crippen molar-refractivity contribution in [3.8, 4) is 0 Å². The molecule has 0 spiro atoms. The molecule has 2 amide bonds. The Kier molecular flexibility index (Phi) is 7.43. The highest BCUT2D eigenvalue weighted by atomic mass is 35.5. The van der Waals surface area contributed by atoms with Gasteiger partial charge in [0, 0.05) is 24.8 Å². The van der Waals surface area contributed by atoms with Crippen LogP contribution < -0.4 is 10.6 Å². The van der Waals surface area contributed by atoms with Gasteiger partial charge in [-0.15, -0.1) is 0 Å². The molecule has 126 valence electrons. The van der Waals surface area contributed by atoms with Gasteiger partial charge in [0.2, 0.25) is 0 Å². The van der Waals surface area contributed by atoms with Gasteiger partial charge in [-0.3, -0.25) is 19.7 Å². The van der Waals surface area contributed by atoms with Gasteiger partial charge in [0.1, 0.15) is 5.02 Å². The van der Waals surface area contributed by atoms with E-state index < -0.39 is 16.7 Å². The zero-order valence-electron chi connectivity index (χ0n) is 13.0. The smallest absolute Gasteiger partial charge is 0.313 e. The van der Waals surface area contributed by atoms with Crippen molar-refractivity contribution in [3.63, 3.8) is 0 Å². The summed E-state index contributed by atoms with van der Waals surface area (Å²) in [6.07, 6.45) is 0. The number of carbonyl (C=O) groups is 2. The number of carbonyl (C=O) groups excluding carboxylic acids is 2. The number of hydrogen-bond donors (Lipinski definition) is 2. The van der Waals surface area contributed by atoms with Gasteiger partial charge in [0.25, 0.3) is 5.69 Å². The summed E-state index contributed by atoms with van der Waals surface area (Å²) < 4.78 is 0. The lowest BCUT2D eigenvalue weighted by molar-refractivity contribution is -0.384. The van der Waals surface area contributed by atoms with Crippen LogP contribution in [0.3, 0.4) is 0 Å². The van der Waals surface area contributed by atoms with Crippen molar-refractivity contribution in [1.29, 1.82) is 0 Å². The van der Waals surface area contributed by atoms with Crippen molar-refractivity contribution in [2.75, 3.05) is 31.5 Å². The van der Waals surface area contributed by atoms with Crippen LogP contribution in [0.4, 0.5) is 11.4 Å². The van der Waals surface area contributed by atoms with E-state index in [-0.39, 0.29) is 16.4 Å². The highest BCUT2D eigenvalue weighted by Crippen LogP contribution is 2.27. The summed E-state index contributed by atoms with van der Waals surface area (Å²) in [7, 11) is 0. The number of nitro benzene ring substituents is 1. The second-order valence-electron chi connectivity index (χ2n) is 4.66. The fourth-order valence-electron chi connectivity index (χ4n) is 1.87. The van der Waals surface area contributed by atoms with E-state index in [0.717, 1.165) is 19.2 Å². The maximum absolute atomic E-state index is 11.8. The Hall–Kier alpha value is -2.19. The standard InChI is InChI=1S/C14H19ClN4O4/c1-3-18(4-2)8-7-16-13(20)14(21)17-10-5-6-11(15)12(9-10)19(22)23/h5-6,9H,3-4,7-8H2,1-2H3,(H,16,20)(H,17,21). The van der Waals surface area contributed by atoms with Crippen LogP contribution in [-0.2, 0) is 9.59 Å². The Morgan fingerprint density at radius 2 is 1.91 bits per heavy atom. The molecule has 8 nitrogen and oxygen atoms in total. The molecule has 0 saturated carbocycles. The molecule has 0 saturated heterocycles. The number of hydrogen-bond acceptors (Lipinski definition) is 5. The molecular formula is C14H19ClN4O4. The van der Waals surface area contributed by atoms with Crippen molar-refractivity contribution in [3.05, 3.63) is 33.3 Å². The quantitative estimate of drug-likeness (QED) is 0.445. The lowest BCUT2D eigenvalue weighted by Crippen LogP contribution is -2.40. The topological polar surface area (TPSA) is 105 Å². The predicted molar refractivity (Wildman–Crippen MR) is 87.5 cm³/mol. The third-order valence-electron chi connectivity index (χ3n) is 3.21. The molecule has 9 heteroatoms. The molecule has 0 fully saturated rings. The monoisotopic (exact) mass is 342 g/mol. The zero-order chi connectivity index (χ0) is 17.4. The molecule has 1 aromatic carbocycles. The van der Waals surface area contributed by atoms with E-state index in [1.54, 1.807) is 0 Å². The van der Waals surface area contributed by atoms with Crippen molar-refractivity contribution in [2.45, 2.75) is 13.8 Å². The van der Waals surface area contributed by atoms with Crippen molar-refractivity contribution in [1.82, 2.24) is 10.2 Å². The Morgan fingerprint density at radius 1 is 1.26 bits per heavy atom. The number of likely N-dealkylation sites (N-methyl/N-ethyl adjacent to an activating group) is 1. The summed E-state index contributed by atoms with van der Waals surface area (Å²) in [5.74, 6) is -1.68. The first-order valence-electron chi connectivity index (χ1n) is 7.14. The third-order valence-corrected chi connectivity index (χ3v) is 3.53. The molecular weight excluding hydrogens is 324 g/mol. The lowest BCUT2D eigenvalue weighted by atomic mass is 10.2. The van der Waals surface area contributed by atoms with E-state index in [2.05, 4.69) is 15.5 Å². The van der Waals surface area contributed by atoms with Crippen LogP contribution >= 0.6 is 11.6 Å². The summed E-state index contributed by atoms with van der Waals surface area (Å²) >= 11 is 5.68. The molecule has 0 unspecified atom stereocenters. The molecule has 0 aliphatic carbocycles. The first-order chi connectivity index (χ1) is 10.9. The highest BCUT2D eigenvalue weighted by molar-refractivity contribution is 6.39. The minimum Gasteiger partial charge on any atom is -0.347 e. The molecule has 0 aliphatic rings. The largest absolute Gasteiger partial charge is 0.347 e. The molecule has 0 radical (unpaired) electrons. The fraction of sp³-hybridized carbons (Fsp3) is 0.429. The molecule has 2 N–H and O–H groups in total. The first kappa shape index (κ1) is 18.9. The summed E-state index contributed by atoms with van der Waals surface area (Å²) in [6, 6.07) is 3.77. The van der Waals surface area contributed by atoms with Gasteiger partial charge < -0.3 is 15.5 Å². The zero-order valence-corrected chi connectivity index (χ0v) is 13.7. The average Bonchev–Trinajstić information content (AvgIpc) is 2.52. The van der Waals surface area contributed by atoms with E-state index in [9.17, 15) is 19.7 Å². The van der Waals surface area contributed by atoms with Gasteiger partial charge in [-0.1, -0.05) is 25.4 Å². The third kappa shape index (κ3) is 5.84. The minimum absolute atomic E-state index is 0.0447. The molecule has 0 heterocycles. The molecule has 0 aromatic heterocycles. The second kappa shape index (κ2) is 9.06. The number of amides is 2. The molecule has 1 aromatic rings. The second-order valence-corrected chi connectivity index (χ2v) is 5.07. The molecule has 0 aliphatic heterocycles. The van der Waals surface area contributed by atoms with Crippen molar-refractivity contribution in [2.24, 2.45) is 0 Å². The number of nitrogens with one attached hydrogen (secondary N) is 2. The van der Waals surface area contributed by atoms with E-state index in [4.69, 9.17) is 11.6 Å². The lowest BCUT2D eigenvalue weighted by Gasteiger charge is -2.17. The number of nitrogens with zero attached hydrogens (tertiary/aromatic N) is 2. The van der Waals surface area contributed by atoms with Crippen LogP contribution in [0, 0.1) is 10.1 Å². The van der Waals surface area contributed by atoms with Crippen LogP contribution in [0.15, 0.2) is 18.2 Å². The SMILES string of the molecule is CCN(CC)CCNC(=O)C(=O)Nc1ccc(Cl)c([N+](=O)[O-])c1. The molecule has 0 atom stereocenters. The van der Waals surface area contributed by atoms with Crippen LogP contribution in [0.1, 0.15) is 13.8 Å². The fourth-order valence-corrected chi connectivity index (χ4v) is 2.05. The van der Waals surface area contributed by atoms with Gasteiger partial charge in [0.05, 0.1) is 4.92 Å². The normalized spacial score (nSPS) is 10.4. The van der Waals surface area contributed by atoms with E-state index in [1.165, 1.54) is 12.1 Å². The summed E-state index contributed by atoms with van der Waals surface area (Å²) in [5.41, 5.74) is -0.212. The van der Waals surface area contributed by atoms with Crippen LogP contribution in [0.5, 0.6) is 0 Å². The average molecular weight is 343 g/mol. The summed E-state index contributed by atoms with van der Waals surface area (Å²) in [4.78, 5) is 35.7. The maximum Gasteiger partial charge on any atom is 0.313 e. The Morgan fingerprint density at radius 3 is 2.48 bits per heavy atom. The predicted octanol–water partition coefficient (Wildman–Crippen LogP) is 1.64. The van der Waals surface area contributed by atoms with Gasteiger partial charge >= 0.3 is 11.8 Å². The highest BCUT2D eigenvalue weighted by Gasteiger charge is 2.17. The number of rotatable bonds is 7. The molecule has 1 rings (SSSR count). The minimum atomic E-state index is -0.888. The number of anilines is 1. The van der Waals surface area contributed by atoms with E-state index in [1.807, 2.05) is 13.8 Å². The van der Waals surface area contributed by atoms with Gasteiger partial charge in [0.15, 0.2) is 0 Å². The number of benzene rings is 1. The van der Waals surface area contributed by atoms with E-state index in [0.29, 0.717) is 13.1 Å². The Balaban J connectivity index is 2.57. The Labute approximate surface area is 138 Å². The summed E-state index contributed by atoms with van der Waals surface area (Å²) in [5, 5.41) is 15.5. The van der Waals surface area contributed by atoms with Crippen LogP contribution in [-0.4, -0.2) is 47.8 Å². The molecule has 0 bridgehead atoms. The van der Waals surface area contributed by atoms with Crippen LogP contribution in [0.2, 0.25) is 5.02 Å². The van der Waals surface area contributed by atoms with Gasteiger partial charge in [-0.05, 0) is 25.2 Å². The van der Waals surface area contributed by atoms with E-state index >= 15 is 0 Å². The summed E-state index contributed by atoms with van der Waals surface area (Å²) in [6.45, 7) is 6.70. The first-order valence-corrected chi connectivity index (χ1v) is 7.52. The van der Waals surface area contributed by atoms with Gasteiger partial charge in [-0.25, -0.2) is 0 Å². The molecule has 23 heavy (non-hydrogen) atoms. The van der Waals surface area contributed by atoms with Crippen molar-refractivity contribution >= 4 is 34.8 Å². The van der Waals surface area contributed by atoms with Gasteiger partial charge in [-0.2, -0.15) is 0 Å². The number of halogens is 1. The maximum atomic E-state index is 11.8. The van der Waals surface area contributed by atoms with Crippen LogP contribution in [0.25, 0.3) is 0 Å². The Bertz CT molecular complexity index is 590. The number of nitro groups is 1. The van der Waals surface area contributed by atoms with Crippen molar-refractivity contribution < 1.29 is 14.5 Å².